The van der Waals surface area contributed by atoms with Crippen molar-refractivity contribution in [2.24, 2.45) is 0 Å². The Morgan fingerprint density at radius 1 is 0.354 bits per heavy atom. The summed E-state index contributed by atoms with van der Waals surface area (Å²) in [5, 5.41) is 70.0. The average Bonchev–Trinajstić information content (AvgIpc) is 0.795. The number of carbonyl (C=O) groups excluding carboxylic acids is 4. The van der Waals surface area contributed by atoms with Crippen LogP contribution in [0.25, 0.3) is 80.6 Å². The van der Waals surface area contributed by atoms with Gasteiger partial charge in [0.1, 0.15) is 35.4 Å². The lowest BCUT2D eigenvalue weighted by molar-refractivity contribution is -0.309. The van der Waals surface area contributed by atoms with Gasteiger partial charge in [0.05, 0.1) is 124 Å². The van der Waals surface area contributed by atoms with Crippen LogP contribution in [0.5, 0.6) is 0 Å². The van der Waals surface area contributed by atoms with E-state index >= 15 is 0 Å². The summed E-state index contributed by atoms with van der Waals surface area (Å²) in [6, 6.07) is 29.7. The minimum Gasteiger partial charge on any atom is -0.550 e. The van der Waals surface area contributed by atoms with Gasteiger partial charge in [-0.15, -0.1) is 24.0 Å². The number of aliphatic carboxylic acids is 2. The maximum atomic E-state index is 13.5. The van der Waals surface area contributed by atoms with E-state index in [2.05, 4.69) is 49.8 Å². The topological polar surface area (TPSA) is 535 Å². The van der Waals surface area contributed by atoms with Crippen LogP contribution in [-0.2, 0) is 64.5 Å². The van der Waals surface area contributed by atoms with Crippen LogP contribution in [0, 0.1) is 40.4 Å². The molecule has 0 radical (unpaired) electrons. The molecule has 0 bridgehead atoms. The first kappa shape index (κ1) is 123. The van der Waals surface area contributed by atoms with Crippen LogP contribution in [0.4, 0.5) is 51.7 Å². The molecule has 0 fully saturated rings. The lowest BCUT2D eigenvalue weighted by Gasteiger charge is -2.20. The molecule has 47 heteroatoms. The maximum absolute atomic E-state index is 13.5. The Kier molecular flexibility index (Phi) is 46.5. The highest BCUT2D eigenvalue weighted by Gasteiger charge is 2.30. The van der Waals surface area contributed by atoms with Gasteiger partial charge in [0, 0.05) is 129 Å². The van der Waals surface area contributed by atoms with Gasteiger partial charge < -0.3 is 40.2 Å². The quantitative estimate of drug-likeness (QED) is 0.00931. The third kappa shape index (κ3) is 35.9. The van der Waals surface area contributed by atoms with Crippen LogP contribution >= 0.6 is 24.0 Å². The molecule has 778 valence electrons. The number of carboxylic acids is 2. The number of sulfonamides is 5. The van der Waals surface area contributed by atoms with Gasteiger partial charge in [0.2, 0.25) is 79.9 Å². The average molecular weight is 2210 g/mol. The molecular weight excluding hydrogens is 2090 g/mol. The van der Waals surface area contributed by atoms with Crippen molar-refractivity contribution >= 4 is 153 Å². The molecular formula is C97H116F5IN16O20S5-2. The van der Waals surface area contributed by atoms with E-state index in [-0.39, 0.29) is 115 Å². The molecule has 0 saturated heterocycles. The van der Waals surface area contributed by atoms with E-state index in [1.807, 2.05) is 75.3 Å². The fourth-order valence-corrected chi connectivity index (χ4v) is 14.8. The van der Waals surface area contributed by atoms with E-state index < -0.39 is 128 Å². The van der Waals surface area contributed by atoms with Gasteiger partial charge in [-0.2, -0.15) is 5.26 Å². The minimum absolute atomic E-state index is 0. The van der Waals surface area contributed by atoms with Gasteiger partial charge in [-0.3, -0.25) is 9.59 Å². The number of hydrogen-bond donors (Lipinski definition) is 4. The Morgan fingerprint density at radius 3 is 0.729 bits per heavy atom. The fourth-order valence-electron chi connectivity index (χ4n) is 12.9. The van der Waals surface area contributed by atoms with Crippen LogP contribution < -0.4 is 31.7 Å². The number of aldehydes is 2. The molecule has 36 nitrogen and oxygen atoms in total. The lowest BCUT2D eigenvalue weighted by Crippen LogP contribution is -2.29. The summed E-state index contributed by atoms with van der Waals surface area (Å²) < 4.78 is 191. The zero-order valence-electron chi connectivity index (χ0n) is 81.7. The van der Waals surface area contributed by atoms with Gasteiger partial charge in [0.15, 0.2) is 6.29 Å². The van der Waals surface area contributed by atoms with Crippen molar-refractivity contribution in [3.05, 3.63) is 231 Å². The summed E-state index contributed by atoms with van der Waals surface area (Å²) in [4.78, 5) is 87.3. The van der Waals surface area contributed by atoms with Crippen molar-refractivity contribution in [1.82, 2.24) is 49.8 Å². The molecule has 0 unspecified atom stereocenters. The Hall–Kier alpha value is -12.8. The summed E-state index contributed by atoms with van der Waals surface area (Å²) >= 11 is 0. The molecule has 4 N–H and O–H groups in total. The molecule has 5 aromatic carbocycles. The fraction of sp³-hybridized carbons (Fsp3) is 0.351. The van der Waals surface area contributed by atoms with E-state index in [9.17, 15) is 114 Å². The van der Waals surface area contributed by atoms with Crippen molar-refractivity contribution in [1.29, 1.82) is 5.26 Å². The van der Waals surface area contributed by atoms with Crippen molar-refractivity contribution in [2.75, 3.05) is 88.0 Å². The zero-order chi connectivity index (χ0) is 107. The molecule has 10 rings (SSSR count). The number of aromatic nitrogens is 10. The third-order valence-electron chi connectivity index (χ3n) is 20.6. The molecule has 0 amide bonds. The zero-order valence-corrected chi connectivity index (χ0v) is 88.1. The highest BCUT2D eigenvalue weighted by atomic mass is 127. The molecule has 10 aromatic rings. The van der Waals surface area contributed by atoms with Crippen LogP contribution in [0.2, 0.25) is 0 Å². The molecule has 5 aromatic heterocycles. The minimum atomic E-state index is -3.66. The normalized spacial score (nSPS) is 12.6. The highest BCUT2D eigenvalue weighted by Crippen LogP contribution is 2.38. The number of halogens is 6. The molecule has 0 spiro atoms. The second-order valence-electron chi connectivity index (χ2n) is 33.7. The van der Waals surface area contributed by atoms with E-state index in [0.717, 1.165) is 52.8 Å². The summed E-state index contributed by atoms with van der Waals surface area (Å²) in [5.74, 6) is -5.73. The van der Waals surface area contributed by atoms with E-state index in [1.54, 1.807) is 36.4 Å². The maximum Gasteiger partial charge on any atom is 0.239 e. The second kappa shape index (κ2) is 54.2. The summed E-state index contributed by atoms with van der Waals surface area (Å²) in [7, 11) is -11.3. The number of rotatable bonds is 36. The number of anilines is 5. The molecule has 0 saturated carbocycles. The summed E-state index contributed by atoms with van der Waals surface area (Å²) in [6.45, 7) is 18.7. The number of benzene rings is 5. The van der Waals surface area contributed by atoms with Crippen LogP contribution in [0.3, 0.4) is 0 Å². The lowest BCUT2D eigenvalue weighted by atomic mass is 9.97. The van der Waals surface area contributed by atoms with E-state index in [1.165, 1.54) is 169 Å². The predicted molar refractivity (Wildman–Crippen MR) is 552 cm³/mol. The molecule has 0 aliphatic carbocycles. The van der Waals surface area contributed by atoms with Crippen LogP contribution in [0.1, 0.15) is 193 Å². The largest absolute Gasteiger partial charge is 0.550 e. The first-order valence-electron chi connectivity index (χ1n) is 43.2. The monoisotopic (exact) mass is 2210 g/mol. The Balaban J connectivity index is 0.000000376. The van der Waals surface area contributed by atoms with Gasteiger partial charge in [0.25, 0.3) is 0 Å². The Bertz CT molecular complexity index is 6760. The van der Waals surface area contributed by atoms with Crippen LogP contribution in [-0.4, -0.2) is 228 Å². The van der Waals surface area contributed by atoms with Gasteiger partial charge >= 0.3 is 0 Å². The van der Waals surface area contributed by atoms with Crippen molar-refractivity contribution < 1.29 is 114 Å². The number of hydrogen-bond acceptors (Lipinski definition) is 31. The van der Waals surface area contributed by atoms with Crippen molar-refractivity contribution in [2.45, 2.75) is 156 Å². The van der Waals surface area contributed by atoms with Crippen molar-refractivity contribution in [3.8, 4) is 62.4 Å². The molecule has 4 atom stereocenters. The Morgan fingerprint density at radius 2 is 0.549 bits per heavy atom. The smallest absolute Gasteiger partial charge is 0.239 e. The predicted octanol–water partition coefficient (Wildman–Crippen LogP) is 12.4. The number of allylic oxidation sites excluding steroid dienone is 2. The molecule has 5 heterocycles. The Labute approximate surface area is 853 Å². The van der Waals surface area contributed by atoms with Gasteiger partial charge in [-0.05, 0) is 169 Å². The second-order valence-corrected chi connectivity index (χ2v) is 43.7. The van der Waals surface area contributed by atoms with Crippen LogP contribution in [0.15, 0.2) is 146 Å². The number of aliphatic hydroxyl groups is 4. The van der Waals surface area contributed by atoms with Crippen molar-refractivity contribution in [3.63, 3.8) is 0 Å². The first-order valence-corrected chi connectivity index (χ1v) is 52.5. The summed E-state index contributed by atoms with van der Waals surface area (Å²) in [5.41, 5.74) is 9.40. The SMILES string of the molecule is C.CC(C)c1nc(N(C)S(C)(=O)=O)nc(-c2ccc(F)cc2)c1/C=C/C#N.CC(C)c1nc(N(C)S(C)(=O)=O)nc(-c2ccc(F)cc2)c1/C=C/C=O.CC(C)c1nc(N(C)S(C)(=O)=O)nc(-c2ccc(F)cc2)c1/C=C/[C@@H](O)C[C@@H](O)CC(=O)[O-].CC(C)c1nc(N(C)S(C)(=O)=O)nc(-c2ccc(F)cc2)c1/C=C/[C@@H](O)C[C@@H](O)CC(=O)[O-].CC(C)c1nc(N(C)S(C)(=O)=O)nc(-c2ccc(F)cc2)c1C=O.I. The van der Waals surface area contributed by atoms with E-state index in [4.69, 9.17) is 5.26 Å². The number of carboxylic acid groups (broad SMARTS) is 2. The number of aliphatic hydroxyl groups excluding tert-OH is 4. The number of nitriles is 1. The standard InChI is InChI=1S/2C22H28FN3O6S.C18H19FN4O2S.C18H20FN3O3S.C16H18FN3O3S.CH4.HI/c2*1-13(2)20-18(10-9-16(27)11-17(28)12-19(29)30)21(14-5-7-15(23)8-6-14)25-22(24-20)26(3)33(4,31)32;1-12(2)16-15(6-5-11-20)17(13-7-9-14(19)10-8-13)22-18(21-16)23(3)26(4,24)25;1-12(2)16-15(6-5-11-23)17(13-7-9-14(19)10-8-13)21-18(20-16)22(3)26(4,24)25;1-10(2)14-13(9-21)15(11-5-7-12(17)8-6-11)19-16(18-14)20(3)24(4,22)23;;/h2*5-10,13,16-17,27-28H,11-12H2,1-4H3,(H,29,30);5-10,12H,1-4H3;5-12H,1-4H3;5-10H,1-4H3;1H4;1H/p-2/b2*10-9+;2*6-5+;;;/t2*16-,17-;;;;;/m11...../s1. The third-order valence-corrected chi connectivity index (χ3v) is 26.4. The first-order chi connectivity index (χ1) is 66.0. The van der Waals surface area contributed by atoms with E-state index in [0.29, 0.717) is 114 Å². The molecule has 144 heavy (non-hydrogen) atoms. The van der Waals surface area contributed by atoms with Gasteiger partial charge in [-0.1, -0.05) is 101 Å². The van der Waals surface area contributed by atoms with Gasteiger partial charge in [-0.25, -0.2) is 135 Å². The summed E-state index contributed by atoms with van der Waals surface area (Å²) in [6.07, 6.45) is 11.4. The highest BCUT2D eigenvalue weighted by molar-refractivity contribution is 14.0. The number of nitrogens with zero attached hydrogens (tertiary/aromatic N) is 16. The molecule has 0 aliphatic rings. The molecule has 0 aliphatic heterocycles. The number of carbonyl (C=O) groups is 4.